The van der Waals surface area contributed by atoms with E-state index in [1.165, 1.54) is 13.0 Å². The van der Waals surface area contributed by atoms with Crippen molar-refractivity contribution < 1.29 is 18.4 Å². The molecule has 2 rings (SSSR count). The van der Waals surface area contributed by atoms with Crippen molar-refractivity contribution in [2.45, 2.75) is 17.6 Å². The summed E-state index contributed by atoms with van der Waals surface area (Å²) in [6.45, 7) is 1.42. The molecule has 0 atom stereocenters. The van der Waals surface area contributed by atoms with Gasteiger partial charge < -0.3 is 10.6 Å². The van der Waals surface area contributed by atoms with Crippen LogP contribution in [0.5, 0.6) is 0 Å². The highest BCUT2D eigenvalue weighted by atomic mass is 32.2. The van der Waals surface area contributed by atoms with Gasteiger partial charge in [-0.15, -0.1) is 0 Å². The Kier molecular flexibility index (Phi) is 6.31. The minimum Gasteiger partial charge on any atom is -0.376 e. The highest BCUT2D eigenvalue weighted by molar-refractivity contribution is 7.99. The van der Waals surface area contributed by atoms with Gasteiger partial charge in [0.15, 0.2) is 5.78 Å². The number of alkyl halides is 2. The van der Waals surface area contributed by atoms with Crippen molar-refractivity contribution in [2.24, 2.45) is 0 Å². The molecule has 0 aliphatic carbocycles. The zero-order valence-corrected chi connectivity index (χ0v) is 13.7. The van der Waals surface area contributed by atoms with Gasteiger partial charge in [-0.1, -0.05) is 36.0 Å². The van der Waals surface area contributed by atoms with Crippen LogP contribution in [0.2, 0.25) is 0 Å². The molecular formula is C17H16F2N2O2S. The number of hydrogen-bond donors (Lipinski definition) is 2. The zero-order valence-electron chi connectivity index (χ0n) is 12.9. The molecule has 2 aromatic carbocycles. The molecule has 0 saturated carbocycles. The van der Waals surface area contributed by atoms with Crippen LogP contribution in [0, 0.1) is 0 Å². The van der Waals surface area contributed by atoms with Crippen molar-refractivity contribution in [3.63, 3.8) is 0 Å². The number of benzene rings is 2. The van der Waals surface area contributed by atoms with Crippen LogP contribution in [-0.4, -0.2) is 24.0 Å². The van der Waals surface area contributed by atoms with Crippen LogP contribution in [0.1, 0.15) is 17.3 Å². The SMILES string of the molecule is CC(=O)c1cccc(NCC(=O)Nc2ccccc2SC(F)F)c1. The Labute approximate surface area is 142 Å². The highest BCUT2D eigenvalue weighted by Gasteiger charge is 2.11. The molecule has 0 spiro atoms. The molecule has 4 nitrogen and oxygen atoms in total. The molecule has 1 amide bonds. The molecule has 24 heavy (non-hydrogen) atoms. The lowest BCUT2D eigenvalue weighted by Crippen LogP contribution is -2.22. The molecule has 0 aliphatic heterocycles. The molecule has 2 N–H and O–H groups in total. The summed E-state index contributed by atoms with van der Waals surface area (Å²) in [6.07, 6.45) is 0. The van der Waals surface area contributed by atoms with Gasteiger partial charge in [0.2, 0.25) is 5.91 Å². The van der Waals surface area contributed by atoms with E-state index in [0.29, 0.717) is 33.6 Å². The summed E-state index contributed by atoms with van der Waals surface area (Å²) in [4.78, 5) is 23.6. The topological polar surface area (TPSA) is 58.2 Å². The lowest BCUT2D eigenvalue weighted by Gasteiger charge is -2.11. The Morgan fingerprint density at radius 2 is 1.88 bits per heavy atom. The molecule has 0 aliphatic rings. The van der Waals surface area contributed by atoms with Gasteiger partial charge in [0.1, 0.15) is 0 Å². The number of rotatable bonds is 7. The number of carbonyl (C=O) groups excluding carboxylic acids is 2. The summed E-state index contributed by atoms with van der Waals surface area (Å²) in [7, 11) is 0. The molecule has 0 fully saturated rings. The van der Waals surface area contributed by atoms with Crippen LogP contribution in [0.4, 0.5) is 20.2 Å². The maximum atomic E-state index is 12.5. The van der Waals surface area contributed by atoms with Crippen molar-refractivity contribution in [3.8, 4) is 0 Å². The predicted octanol–water partition coefficient (Wildman–Crippen LogP) is 4.25. The Morgan fingerprint density at radius 3 is 2.58 bits per heavy atom. The van der Waals surface area contributed by atoms with E-state index in [4.69, 9.17) is 0 Å². The van der Waals surface area contributed by atoms with E-state index < -0.39 is 5.76 Å². The molecular weight excluding hydrogens is 334 g/mol. The number of amides is 1. The van der Waals surface area contributed by atoms with Gasteiger partial charge in [-0.25, -0.2) is 0 Å². The standard InChI is InChI=1S/C17H16F2N2O2S/c1-11(22)12-5-4-6-13(9-12)20-10-16(23)21-14-7-2-3-8-15(14)24-17(18)19/h2-9,17,20H,10H2,1H3,(H,21,23). The number of para-hydroxylation sites is 1. The first-order valence-electron chi connectivity index (χ1n) is 7.14. The number of ketones is 1. The molecule has 0 unspecified atom stereocenters. The van der Waals surface area contributed by atoms with Crippen LogP contribution in [0.3, 0.4) is 0 Å². The first kappa shape index (κ1) is 17.9. The van der Waals surface area contributed by atoms with E-state index in [9.17, 15) is 18.4 Å². The van der Waals surface area contributed by atoms with E-state index in [-0.39, 0.29) is 18.2 Å². The Hall–Kier alpha value is -2.41. The minimum absolute atomic E-state index is 0.0466. The molecule has 7 heteroatoms. The van der Waals surface area contributed by atoms with Gasteiger partial charge in [-0.3, -0.25) is 9.59 Å². The van der Waals surface area contributed by atoms with E-state index >= 15 is 0 Å². The Morgan fingerprint density at radius 1 is 1.12 bits per heavy atom. The second kappa shape index (κ2) is 8.44. The first-order valence-corrected chi connectivity index (χ1v) is 8.02. The highest BCUT2D eigenvalue weighted by Crippen LogP contribution is 2.31. The third-order valence-corrected chi connectivity index (χ3v) is 3.89. The van der Waals surface area contributed by atoms with Gasteiger partial charge >= 0.3 is 0 Å². The minimum atomic E-state index is -2.56. The van der Waals surface area contributed by atoms with Crippen LogP contribution >= 0.6 is 11.8 Å². The lowest BCUT2D eigenvalue weighted by atomic mass is 10.1. The average molecular weight is 350 g/mol. The molecule has 0 heterocycles. The summed E-state index contributed by atoms with van der Waals surface area (Å²) >= 11 is 0.381. The second-order valence-electron chi connectivity index (χ2n) is 4.91. The summed E-state index contributed by atoms with van der Waals surface area (Å²) in [5.41, 5.74) is 1.51. The molecule has 2 aromatic rings. The molecule has 126 valence electrons. The average Bonchev–Trinajstić information content (AvgIpc) is 2.54. The Balaban J connectivity index is 1.97. The van der Waals surface area contributed by atoms with E-state index in [0.717, 1.165) is 0 Å². The fourth-order valence-electron chi connectivity index (χ4n) is 1.99. The quantitative estimate of drug-likeness (QED) is 0.579. The number of halogens is 2. The van der Waals surface area contributed by atoms with Crippen molar-refractivity contribution in [3.05, 3.63) is 54.1 Å². The van der Waals surface area contributed by atoms with Crippen molar-refractivity contribution in [2.75, 3.05) is 17.2 Å². The van der Waals surface area contributed by atoms with Crippen LogP contribution < -0.4 is 10.6 Å². The molecule has 0 saturated heterocycles. The van der Waals surface area contributed by atoms with Gasteiger partial charge in [0.05, 0.1) is 12.2 Å². The molecule has 0 aromatic heterocycles. The van der Waals surface area contributed by atoms with Crippen molar-refractivity contribution >= 4 is 34.8 Å². The summed E-state index contributed by atoms with van der Waals surface area (Å²) in [5, 5.41) is 5.50. The number of anilines is 2. The van der Waals surface area contributed by atoms with Crippen molar-refractivity contribution in [1.29, 1.82) is 0 Å². The maximum absolute atomic E-state index is 12.5. The van der Waals surface area contributed by atoms with E-state index in [1.54, 1.807) is 42.5 Å². The normalized spacial score (nSPS) is 10.5. The fourth-order valence-corrected chi connectivity index (χ4v) is 2.59. The van der Waals surface area contributed by atoms with Gasteiger partial charge in [-0.05, 0) is 31.2 Å². The van der Waals surface area contributed by atoms with Gasteiger partial charge in [0.25, 0.3) is 5.76 Å². The second-order valence-corrected chi connectivity index (χ2v) is 5.95. The van der Waals surface area contributed by atoms with Gasteiger partial charge in [-0.2, -0.15) is 8.78 Å². The zero-order chi connectivity index (χ0) is 17.5. The molecule has 0 radical (unpaired) electrons. The molecule has 0 bridgehead atoms. The number of thioether (sulfide) groups is 1. The maximum Gasteiger partial charge on any atom is 0.288 e. The summed E-state index contributed by atoms with van der Waals surface area (Å²) in [5.74, 6) is -3.00. The lowest BCUT2D eigenvalue weighted by molar-refractivity contribution is -0.114. The number of carbonyl (C=O) groups is 2. The van der Waals surface area contributed by atoms with Gasteiger partial charge in [0, 0.05) is 16.1 Å². The summed E-state index contributed by atoms with van der Waals surface area (Å²) < 4.78 is 25.0. The van der Waals surface area contributed by atoms with E-state index in [1.807, 2.05) is 0 Å². The first-order chi connectivity index (χ1) is 11.5. The van der Waals surface area contributed by atoms with Crippen molar-refractivity contribution in [1.82, 2.24) is 0 Å². The number of hydrogen-bond acceptors (Lipinski definition) is 4. The smallest absolute Gasteiger partial charge is 0.288 e. The predicted molar refractivity (Wildman–Crippen MR) is 91.9 cm³/mol. The third kappa shape index (κ3) is 5.34. The third-order valence-electron chi connectivity index (χ3n) is 3.10. The van der Waals surface area contributed by atoms with E-state index in [2.05, 4.69) is 10.6 Å². The fraction of sp³-hybridized carbons (Fsp3) is 0.176. The van der Waals surface area contributed by atoms with Crippen LogP contribution in [-0.2, 0) is 4.79 Å². The largest absolute Gasteiger partial charge is 0.376 e. The Bertz CT molecular complexity index is 738. The monoisotopic (exact) mass is 350 g/mol. The van der Waals surface area contributed by atoms with Crippen LogP contribution in [0.15, 0.2) is 53.4 Å². The summed E-state index contributed by atoms with van der Waals surface area (Å²) in [6, 6.07) is 13.2. The number of nitrogens with one attached hydrogen (secondary N) is 2. The number of Topliss-reactive ketones (excluding diaryl/α,β-unsaturated/α-hetero) is 1. The van der Waals surface area contributed by atoms with Crippen LogP contribution in [0.25, 0.3) is 0 Å².